The van der Waals surface area contributed by atoms with E-state index >= 15 is 0 Å². The molecule has 0 N–H and O–H groups in total. The molecule has 0 saturated heterocycles. The first-order valence-corrected chi connectivity index (χ1v) is 33.6. The van der Waals surface area contributed by atoms with Crippen LogP contribution >= 0.6 is 0 Å². The van der Waals surface area contributed by atoms with Crippen molar-refractivity contribution in [3.8, 4) is 0 Å². The molecule has 1 atom stereocenters. The first-order valence-electron chi connectivity index (χ1n) is 33.6. The van der Waals surface area contributed by atoms with E-state index in [0.717, 1.165) is 109 Å². The number of esters is 3. The van der Waals surface area contributed by atoms with Gasteiger partial charge in [-0.3, -0.25) is 14.4 Å². The molecule has 0 saturated carbocycles. The molecule has 0 aliphatic rings. The number of carbonyl (C=O) groups excluding carboxylic acids is 3. The number of hydrogen-bond acceptors (Lipinski definition) is 6. The predicted octanol–water partition coefficient (Wildman–Crippen LogP) is 23.1. The Morgan fingerprint density at radius 2 is 0.500 bits per heavy atom. The molecule has 0 aromatic rings. The van der Waals surface area contributed by atoms with Crippen LogP contribution < -0.4 is 0 Å². The van der Waals surface area contributed by atoms with Gasteiger partial charge >= 0.3 is 17.9 Å². The Labute approximate surface area is 484 Å². The summed E-state index contributed by atoms with van der Waals surface area (Å²) in [7, 11) is 0. The second kappa shape index (κ2) is 66.1. The number of ether oxygens (including phenoxy) is 3. The molecule has 0 fully saturated rings. The van der Waals surface area contributed by atoms with Crippen molar-refractivity contribution in [3.63, 3.8) is 0 Å². The van der Waals surface area contributed by atoms with Crippen LogP contribution in [0, 0.1) is 0 Å². The van der Waals surface area contributed by atoms with Crippen LogP contribution in [0.4, 0.5) is 0 Å². The van der Waals surface area contributed by atoms with Gasteiger partial charge in [0.25, 0.3) is 0 Å². The van der Waals surface area contributed by atoms with Crippen LogP contribution in [0.2, 0.25) is 0 Å². The minimum atomic E-state index is -0.789. The zero-order valence-corrected chi connectivity index (χ0v) is 51.7. The Morgan fingerprint density at radius 3 is 0.795 bits per heavy atom. The van der Waals surface area contributed by atoms with E-state index in [4.69, 9.17) is 14.2 Å². The minimum Gasteiger partial charge on any atom is -0.462 e. The summed E-state index contributed by atoms with van der Waals surface area (Å²) < 4.78 is 17.0. The van der Waals surface area contributed by atoms with Crippen LogP contribution in [-0.4, -0.2) is 37.2 Å². The molecular weight excluding hydrogens is 961 g/mol. The molecule has 0 rings (SSSR count). The zero-order valence-electron chi connectivity index (χ0n) is 51.7. The smallest absolute Gasteiger partial charge is 0.306 e. The number of unbranched alkanes of at least 4 members (excludes halogenated alkanes) is 36. The summed E-state index contributed by atoms with van der Waals surface area (Å²) in [5.74, 6) is -0.893. The van der Waals surface area contributed by atoms with E-state index in [9.17, 15) is 14.4 Å². The van der Waals surface area contributed by atoms with Crippen molar-refractivity contribution < 1.29 is 28.6 Å². The van der Waals surface area contributed by atoms with Crippen LogP contribution in [-0.2, 0) is 28.6 Å². The summed E-state index contributed by atoms with van der Waals surface area (Å²) in [6.07, 6.45) is 87.3. The van der Waals surface area contributed by atoms with E-state index in [1.807, 2.05) is 0 Å². The van der Waals surface area contributed by atoms with E-state index in [2.05, 4.69) is 106 Å². The lowest BCUT2D eigenvalue weighted by Crippen LogP contribution is -2.30. The van der Waals surface area contributed by atoms with Crippen molar-refractivity contribution >= 4 is 17.9 Å². The maximum atomic E-state index is 12.9. The normalized spacial score (nSPS) is 12.6. The molecule has 0 radical (unpaired) electrons. The lowest BCUT2D eigenvalue weighted by molar-refractivity contribution is -0.167. The summed E-state index contributed by atoms with van der Waals surface area (Å²) in [5, 5.41) is 0. The molecule has 0 spiro atoms. The van der Waals surface area contributed by atoms with Gasteiger partial charge < -0.3 is 14.2 Å². The van der Waals surface area contributed by atoms with E-state index in [-0.39, 0.29) is 31.1 Å². The van der Waals surface area contributed by atoms with E-state index < -0.39 is 6.10 Å². The second-order valence-electron chi connectivity index (χ2n) is 22.4. The monoisotopic (exact) mass is 1090 g/mol. The molecule has 6 nitrogen and oxygen atoms in total. The van der Waals surface area contributed by atoms with Gasteiger partial charge in [0.2, 0.25) is 0 Å². The average Bonchev–Trinajstić information content (AvgIpc) is 3.44. The van der Waals surface area contributed by atoms with Gasteiger partial charge in [-0.05, 0) is 96.3 Å². The first-order chi connectivity index (χ1) is 38.5. The van der Waals surface area contributed by atoms with Crippen LogP contribution in [0.5, 0.6) is 0 Å². The second-order valence-corrected chi connectivity index (χ2v) is 22.4. The maximum Gasteiger partial charge on any atom is 0.306 e. The van der Waals surface area contributed by atoms with Gasteiger partial charge in [0.15, 0.2) is 6.10 Å². The lowest BCUT2D eigenvalue weighted by atomic mass is 10.0. The number of carbonyl (C=O) groups is 3. The van der Waals surface area contributed by atoms with E-state index in [0.29, 0.717) is 19.3 Å². The quantitative estimate of drug-likeness (QED) is 0.0261. The van der Waals surface area contributed by atoms with Gasteiger partial charge in [-0.2, -0.15) is 0 Å². The zero-order chi connectivity index (χ0) is 56.4. The van der Waals surface area contributed by atoms with Crippen LogP contribution in [0.15, 0.2) is 85.1 Å². The predicted molar refractivity (Wildman–Crippen MR) is 339 cm³/mol. The minimum absolute atomic E-state index is 0.0824. The highest BCUT2D eigenvalue weighted by Gasteiger charge is 2.19. The fourth-order valence-electron chi connectivity index (χ4n) is 9.62. The van der Waals surface area contributed by atoms with Crippen molar-refractivity contribution in [3.05, 3.63) is 85.1 Å². The molecule has 450 valence electrons. The van der Waals surface area contributed by atoms with Crippen LogP contribution in [0.3, 0.4) is 0 Å². The first kappa shape index (κ1) is 74.6. The summed E-state index contributed by atoms with van der Waals surface area (Å²) >= 11 is 0. The van der Waals surface area contributed by atoms with Crippen molar-refractivity contribution in [1.82, 2.24) is 0 Å². The average molecular weight is 1090 g/mol. The Bertz CT molecular complexity index is 1480. The number of allylic oxidation sites excluding steroid dienone is 14. The van der Waals surface area contributed by atoms with Gasteiger partial charge in [-0.15, -0.1) is 0 Å². The third-order valence-corrected chi connectivity index (χ3v) is 14.6. The maximum absolute atomic E-state index is 12.9. The van der Waals surface area contributed by atoms with Crippen LogP contribution in [0.25, 0.3) is 0 Å². The number of rotatable bonds is 61. The van der Waals surface area contributed by atoms with Crippen molar-refractivity contribution in [2.24, 2.45) is 0 Å². The third-order valence-electron chi connectivity index (χ3n) is 14.6. The highest BCUT2D eigenvalue weighted by molar-refractivity contribution is 5.71. The Morgan fingerprint density at radius 1 is 0.269 bits per heavy atom. The van der Waals surface area contributed by atoms with Crippen molar-refractivity contribution in [2.75, 3.05) is 13.2 Å². The fourth-order valence-corrected chi connectivity index (χ4v) is 9.62. The van der Waals surface area contributed by atoms with Crippen molar-refractivity contribution in [2.45, 2.75) is 341 Å². The lowest BCUT2D eigenvalue weighted by Gasteiger charge is -2.18. The van der Waals surface area contributed by atoms with E-state index in [1.165, 1.54) is 186 Å². The SMILES string of the molecule is CC/C=C\C/C=C\C/C=C\C/C=C\C/C=C\C/C=C\CCCCCCC(=O)OCC(COC(=O)CCCCCCCCCCCCCCCCCCCC)OC(=O)CCCCCCCCCCC/C=C\CCCCCCCC. The van der Waals surface area contributed by atoms with Crippen molar-refractivity contribution in [1.29, 1.82) is 0 Å². The molecule has 78 heavy (non-hydrogen) atoms. The molecule has 0 aliphatic heterocycles. The summed E-state index contributed by atoms with van der Waals surface area (Å²) in [6.45, 7) is 6.55. The van der Waals surface area contributed by atoms with Gasteiger partial charge in [0, 0.05) is 19.3 Å². The van der Waals surface area contributed by atoms with Gasteiger partial charge in [-0.25, -0.2) is 0 Å². The van der Waals surface area contributed by atoms with E-state index in [1.54, 1.807) is 0 Å². The Hall–Kier alpha value is -3.41. The highest BCUT2D eigenvalue weighted by atomic mass is 16.6. The molecule has 0 aromatic carbocycles. The molecule has 0 bridgehead atoms. The standard InChI is InChI=1S/C72H126O6/c1-4-7-10-13-16-19-22-25-28-31-34-35-36-37-39-41-44-47-50-53-56-59-62-65-71(74)77-68-69(67-76-70(73)64-61-58-55-52-49-46-43-40-33-30-27-24-21-18-15-12-9-6-3)78-72(75)66-63-60-57-54-51-48-45-42-38-32-29-26-23-20-17-14-11-8-5-2/h7,10,16,19,25-26,28-29,34-35,37,39,44,47,69H,4-6,8-9,11-15,17-18,20-24,27,30-33,36,38,40-43,45-46,48-68H2,1-3H3/b10-7-,19-16-,28-25-,29-26-,35-34-,39-37-,47-44-. The Balaban J connectivity index is 4.41. The fraction of sp³-hybridized carbons (Fsp3) is 0.764. The highest BCUT2D eigenvalue weighted by Crippen LogP contribution is 2.17. The molecule has 0 heterocycles. The summed E-state index contributed by atoms with van der Waals surface area (Å²) in [6, 6.07) is 0. The molecule has 0 amide bonds. The largest absolute Gasteiger partial charge is 0.462 e. The topological polar surface area (TPSA) is 78.9 Å². The molecule has 1 unspecified atom stereocenters. The summed E-state index contributed by atoms with van der Waals surface area (Å²) in [5.41, 5.74) is 0. The Kier molecular flexibility index (Phi) is 63.2. The van der Waals surface area contributed by atoms with Crippen LogP contribution in [0.1, 0.15) is 335 Å². The van der Waals surface area contributed by atoms with Gasteiger partial charge in [-0.1, -0.05) is 305 Å². The summed E-state index contributed by atoms with van der Waals surface area (Å²) in [4.78, 5) is 38.4. The molecule has 0 aromatic heterocycles. The van der Waals surface area contributed by atoms with Gasteiger partial charge in [0.05, 0.1) is 0 Å². The number of hydrogen-bond donors (Lipinski definition) is 0. The molecule has 0 aliphatic carbocycles. The molecule has 6 heteroatoms. The third kappa shape index (κ3) is 63.4. The van der Waals surface area contributed by atoms with Gasteiger partial charge in [0.1, 0.15) is 13.2 Å². The molecular formula is C72H126O6.